The lowest BCUT2D eigenvalue weighted by atomic mass is 10.2. The van der Waals surface area contributed by atoms with Crippen molar-refractivity contribution in [2.24, 2.45) is 0 Å². The van der Waals surface area contributed by atoms with Crippen LogP contribution in [0.1, 0.15) is 38.2 Å². The van der Waals surface area contributed by atoms with E-state index in [1.54, 1.807) is 18.2 Å². The molecule has 152 valence electrons. The molecule has 28 heavy (non-hydrogen) atoms. The monoisotopic (exact) mass is 391 g/mol. The molecule has 0 N–H and O–H groups in total. The summed E-state index contributed by atoms with van der Waals surface area (Å²) >= 11 is 0. The molecule has 1 atom stereocenters. The molecule has 0 unspecified atom stereocenters. The predicted octanol–water partition coefficient (Wildman–Crippen LogP) is 2.73. The molecule has 2 fully saturated rings. The third-order valence-corrected chi connectivity index (χ3v) is 5.96. The number of benzene rings is 1. The number of halogens is 2. The summed E-state index contributed by atoms with van der Waals surface area (Å²) in [6, 6.07) is 6.82. The van der Waals surface area contributed by atoms with Crippen molar-refractivity contribution in [3.63, 3.8) is 0 Å². The van der Waals surface area contributed by atoms with Crippen molar-refractivity contribution >= 4 is 16.9 Å². The lowest BCUT2D eigenvalue weighted by Gasteiger charge is -2.38. The average molecular weight is 391 g/mol. The predicted molar refractivity (Wildman–Crippen MR) is 103 cm³/mol. The van der Waals surface area contributed by atoms with Gasteiger partial charge < -0.3 is 4.90 Å². The van der Waals surface area contributed by atoms with Crippen LogP contribution < -0.4 is 0 Å². The van der Waals surface area contributed by atoms with E-state index < -0.39 is 6.55 Å². The molecule has 2 saturated heterocycles. The third-order valence-electron chi connectivity index (χ3n) is 5.96. The molecule has 2 aliphatic rings. The summed E-state index contributed by atoms with van der Waals surface area (Å²) < 4.78 is 28.5. The summed E-state index contributed by atoms with van der Waals surface area (Å²) in [6.07, 6.45) is 2.20. The number of rotatable bonds is 5. The third kappa shape index (κ3) is 3.75. The van der Waals surface area contributed by atoms with E-state index >= 15 is 0 Å². The minimum atomic E-state index is -2.62. The van der Waals surface area contributed by atoms with E-state index in [9.17, 15) is 13.6 Å². The maximum absolute atomic E-state index is 13.7. The van der Waals surface area contributed by atoms with Crippen LogP contribution in [0.25, 0.3) is 11.0 Å². The van der Waals surface area contributed by atoms with Crippen LogP contribution in [0.3, 0.4) is 0 Å². The summed E-state index contributed by atoms with van der Waals surface area (Å²) in [5.41, 5.74) is 1.06. The van der Waals surface area contributed by atoms with Crippen molar-refractivity contribution in [2.75, 3.05) is 45.8 Å². The van der Waals surface area contributed by atoms with E-state index in [1.165, 1.54) is 0 Å². The van der Waals surface area contributed by atoms with Gasteiger partial charge in [-0.2, -0.15) is 8.78 Å². The van der Waals surface area contributed by atoms with Gasteiger partial charge in [0.05, 0.1) is 23.6 Å². The number of para-hydroxylation sites is 2. The first-order chi connectivity index (χ1) is 13.5. The Morgan fingerprint density at radius 3 is 2.43 bits per heavy atom. The van der Waals surface area contributed by atoms with Gasteiger partial charge in [-0.25, -0.2) is 4.98 Å². The summed E-state index contributed by atoms with van der Waals surface area (Å²) in [7, 11) is 0. The normalized spacial score (nSPS) is 20.4. The van der Waals surface area contributed by atoms with Gasteiger partial charge in [0, 0.05) is 39.3 Å². The Bertz CT molecular complexity index is 825. The quantitative estimate of drug-likeness (QED) is 0.786. The largest absolute Gasteiger partial charge is 0.342 e. The fraction of sp³-hybridized carbons (Fsp3) is 0.600. The Labute approximate surface area is 163 Å². The molecule has 3 heterocycles. The van der Waals surface area contributed by atoms with Crippen LogP contribution in [0.5, 0.6) is 0 Å². The summed E-state index contributed by atoms with van der Waals surface area (Å²) in [6.45, 7) is 4.52. The zero-order chi connectivity index (χ0) is 19.7. The highest BCUT2D eigenvalue weighted by atomic mass is 19.3. The molecular formula is C20H27F2N5O. The molecule has 0 bridgehead atoms. The molecule has 6 nitrogen and oxygen atoms in total. The van der Waals surface area contributed by atoms with Gasteiger partial charge in [0.15, 0.2) is 0 Å². The van der Waals surface area contributed by atoms with Crippen molar-refractivity contribution < 1.29 is 13.6 Å². The SMILES string of the molecule is C[C@H](c1nc2ccccc2n1C(F)F)N1CCN(CC(=O)N2CCCC2)CC1. The summed E-state index contributed by atoms with van der Waals surface area (Å²) in [5.74, 6) is 0.608. The van der Waals surface area contributed by atoms with Crippen molar-refractivity contribution in [2.45, 2.75) is 32.4 Å². The maximum Gasteiger partial charge on any atom is 0.320 e. The van der Waals surface area contributed by atoms with Gasteiger partial charge in [-0.15, -0.1) is 0 Å². The first kappa shape index (κ1) is 19.3. The van der Waals surface area contributed by atoms with E-state index in [2.05, 4.69) is 14.8 Å². The van der Waals surface area contributed by atoms with Crippen LogP contribution in [-0.4, -0.2) is 76.0 Å². The molecule has 2 aromatic rings. The van der Waals surface area contributed by atoms with Gasteiger partial charge in [-0.1, -0.05) is 12.1 Å². The van der Waals surface area contributed by atoms with Crippen LogP contribution >= 0.6 is 0 Å². The summed E-state index contributed by atoms with van der Waals surface area (Å²) in [5, 5.41) is 0. The van der Waals surface area contributed by atoms with Gasteiger partial charge in [-0.3, -0.25) is 19.2 Å². The van der Waals surface area contributed by atoms with Gasteiger partial charge in [0.1, 0.15) is 5.82 Å². The van der Waals surface area contributed by atoms with Crippen LogP contribution in [0, 0.1) is 0 Å². The number of amides is 1. The van der Waals surface area contributed by atoms with Gasteiger partial charge >= 0.3 is 6.55 Å². The number of carbonyl (C=O) groups excluding carboxylic acids is 1. The second-order valence-corrected chi connectivity index (χ2v) is 7.68. The van der Waals surface area contributed by atoms with E-state index in [0.29, 0.717) is 23.4 Å². The summed E-state index contributed by atoms with van der Waals surface area (Å²) in [4.78, 5) is 23.1. The number of hydrogen-bond donors (Lipinski definition) is 0. The fourth-order valence-corrected chi connectivity index (χ4v) is 4.29. The molecule has 1 aromatic carbocycles. The number of alkyl halides is 2. The lowest BCUT2D eigenvalue weighted by Crippen LogP contribution is -2.50. The zero-order valence-corrected chi connectivity index (χ0v) is 16.2. The van der Waals surface area contributed by atoms with Crippen LogP contribution in [0.2, 0.25) is 0 Å². The number of nitrogens with zero attached hydrogens (tertiary/aromatic N) is 5. The van der Waals surface area contributed by atoms with Gasteiger partial charge in [0.25, 0.3) is 0 Å². The van der Waals surface area contributed by atoms with E-state index in [-0.39, 0.29) is 11.9 Å². The first-order valence-electron chi connectivity index (χ1n) is 10.0. The topological polar surface area (TPSA) is 44.6 Å². The average Bonchev–Trinajstić information content (AvgIpc) is 3.36. The van der Waals surface area contributed by atoms with Crippen molar-refractivity contribution in [1.82, 2.24) is 24.3 Å². The van der Waals surface area contributed by atoms with E-state index in [0.717, 1.165) is 56.7 Å². The smallest absolute Gasteiger partial charge is 0.320 e. The maximum atomic E-state index is 13.7. The van der Waals surface area contributed by atoms with E-state index in [1.807, 2.05) is 17.9 Å². The highest BCUT2D eigenvalue weighted by Crippen LogP contribution is 2.29. The number of hydrogen-bond acceptors (Lipinski definition) is 4. The highest BCUT2D eigenvalue weighted by molar-refractivity contribution is 5.78. The number of imidazole rings is 1. The van der Waals surface area contributed by atoms with Crippen LogP contribution in [0.15, 0.2) is 24.3 Å². The van der Waals surface area contributed by atoms with E-state index in [4.69, 9.17) is 0 Å². The molecule has 0 radical (unpaired) electrons. The number of carbonyl (C=O) groups is 1. The lowest BCUT2D eigenvalue weighted by molar-refractivity contribution is -0.131. The Morgan fingerprint density at radius 2 is 1.75 bits per heavy atom. The first-order valence-corrected chi connectivity index (χ1v) is 10.0. The van der Waals surface area contributed by atoms with Crippen molar-refractivity contribution in [3.8, 4) is 0 Å². The van der Waals surface area contributed by atoms with Crippen molar-refractivity contribution in [1.29, 1.82) is 0 Å². The second kappa shape index (κ2) is 8.13. The van der Waals surface area contributed by atoms with Gasteiger partial charge in [0.2, 0.25) is 5.91 Å². The molecule has 0 saturated carbocycles. The molecule has 1 aromatic heterocycles. The fourth-order valence-electron chi connectivity index (χ4n) is 4.29. The zero-order valence-electron chi connectivity index (χ0n) is 16.2. The highest BCUT2D eigenvalue weighted by Gasteiger charge is 2.29. The number of piperazine rings is 1. The van der Waals surface area contributed by atoms with Crippen LogP contribution in [0.4, 0.5) is 8.78 Å². The standard InChI is InChI=1S/C20H27F2N5O/c1-15(19-23-16-6-2-3-7-17(16)27(19)20(21)22)25-12-10-24(11-13-25)14-18(28)26-8-4-5-9-26/h2-3,6-7,15,20H,4-5,8-14H2,1H3/t15-/m1/s1. The number of fused-ring (bicyclic) bond motifs is 1. The Hall–Kier alpha value is -2.06. The Morgan fingerprint density at radius 1 is 1.07 bits per heavy atom. The molecule has 1 amide bonds. The molecular weight excluding hydrogens is 364 g/mol. The molecule has 0 aliphatic carbocycles. The second-order valence-electron chi connectivity index (χ2n) is 7.68. The Kier molecular flexibility index (Phi) is 5.59. The minimum Gasteiger partial charge on any atom is -0.342 e. The molecule has 8 heteroatoms. The number of likely N-dealkylation sites (tertiary alicyclic amines) is 1. The van der Waals surface area contributed by atoms with Crippen LogP contribution in [-0.2, 0) is 4.79 Å². The van der Waals surface area contributed by atoms with Gasteiger partial charge in [-0.05, 0) is 31.9 Å². The molecule has 4 rings (SSSR count). The minimum absolute atomic E-state index is 0.207. The van der Waals surface area contributed by atoms with Crippen molar-refractivity contribution in [3.05, 3.63) is 30.1 Å². The number of aromatic nitrogens is 2. The molecule has 0 spiro atoms. The Balaban J connectivity index is 1.41. The molecule has 2 aliphatic heterocycles.